The smallest absolute Gasteiger partial charge is 0.345 e. The van der Waals surface area contributed by atoms with Gasteiger partial charge in [0.25, 0.3) is 0 Å². The summed E-state index contributed by atoms with van der Waals surface area (Å²) < 4.78 is 30.4. The van der Waals surface area contributed by atoms with Gasteiger partial charge in [-0.1, -0.05) is 19.9 Å². The molecule has 3 unspecified atom stereocenters. The molecule has 11 nitrogen and oxygen atoms in total. The second-order valence-electron chi connectivity index (χ2n) is 14.0. The fraction of sp³-hybridized carbons (Fsp3) is 0.486. The van der Waals surface area contributed by atoms with Gasteiger partial charge in [-0.2, -0.15) is 0 Å². The zero-order chi connectivity index (χ0) is 35.3. The van der Waals surface area contributed by atoms with Crippen molar-refractivity contribution in [2.75, 3.05) is 12.9 Å². The molecule has 0 spiro atoms. The summed E-state index contributed by atoms with van der Waals surface area (Å²) in [5, 5.41) is 12.3. The standard InChI is InChI=1S/C37H41NO10S/c1-20(39)44-19-36(4)27-17-29(47-33(42)22-9-7-11-24(15-22)49-6)37(5)32(35(27,3)13-12-28(36)45-21(2)40)31(41)30-26(48-37)16-25(46-34(30)43)23-10-8-14-38-18-23/h7-11,14-16,18,27-29,31-32,41H,12-13,17,19H2,1-6H3/t27?,28-,29-,31-,32?,35-,36?,37+/m0/s1. The quantitative estimate of drug-likeness (QED) is 0.182. The van der Waals surface area contributed by atoms with E-state index in [1.807, 2.05) is 33.1 Å². The summed E-state index contributed by atoms with van der Waals surface area (Å²) >= 11 is 1.49. The molecule has 0 amide bonds. The Hall–Kier alpha value is -4.16. The van der Waals surface area contributed by atoms with Gasteiger partial charge in [-0.25, -0.2) is 9.59 Å². The third-order valence-electron chi connectivity index (χ3n) is 11.0. The Morgan fingerprint density at radius 2 is 1.82 bits per heavy atom. The minimum atomic E-state index is -1.38. The first-order valence-corrected chi connectivity index (χ1v) is 17.5. The summed E-state index contributed by atoms with van der Waals surface area (Å²) in [6.45, 7) is 8.28. The van der Waals surface area contributed by atoms with Gasteiger partial charge in [-0.3, -0.25) is 14.6 Å². The minimum absolute atomic E-state index is 0.0291. The van der Waals surface area contributed by atoms with E-state index in [0.717, 1.165) is 4.90 Å². The van der Waals surface area contributed by atoms with Gasteiger partial charge in [-0.05, 0) is 74.1 Å². The van der Waals surface area contributed by atoms with Gasteiger partial charge < -0.3 is 28.5 Å². The van der Waals surface area contributed by atoms with Crippen molar-refractivity contribution in [3.8, 4) is 17.1 Å². The van der Waals surface area contributed by atoms with Gasteiger partial charge >= 0.3 is 23.5 Å². The largest absolute Gasteiger partial charge is 0.482 e. The molecule has 0 bridgehead atoms. The molecule has 6 rings (SSSR count). The van der Waals surface area contributed by atoms with Crippen LogP contribution in [0.15, 0.2) is 69.0 Å². The summed E-state index contributed by atoms with van der Waals surface area (Å²) in [6, 6.07) is 12.1. The number of benzene rings is 1. The molecule has 12 heteroatoms. The van der Waals surface area contributed by atoms with Gasteiger partial charge in [0.15, 0.2) is 0 Å². The number of ether oxygens (including phenoxy) is 4. The maximum absolute atomic E-state index is 13.9. The zero-order valence-corrected chi connectivity index (χ0v) is 29.2. The van der Waals surface area contributed by atoms with E-state index in [9.17, 15) is 24.3 Å². The number of pyridine rings is 1. The second kappa shape index (κ2) is 12.9. The van der Waals surface area contributed by atoms with Crippen molar-refractivity contribution < 1.29 is 42.9 Å². The highest BCUT2D eigenvalue weighted by Crippen LogP contribution is 2.67. The number of esters is 3. The number of fused-ring (bicyclic) bond motifs is 4. The van der Waals surface area contributed by atoms with Crippen molar-refractivity contribution in [3.63, 3.8) is 0 Å². The van der Waals surface area contributed by atoms with Crippen LogP contribution in [-0.4, -0.2) is 58.7 Å². The Morgan fingerprint density at radius 1 is 1.04 bits per heavy atom. The molecule has 0 saturated heterocycles. The van der Waals surface area contributed by atoms with Crippen LogP contribution < -0.4 is 10.4 Å². The number of hydrogen-bond acceptors (Lipinski definition) is 12. The van der Waals surface area contributed by atoms with E-state index in [1.54, 1.807) is 48.8 Å². The van der Waals surface area contributed by atoms with Gasteiger partial charge in [0.05, 0.1) is 11.7 Å². The Labute approximate surface area is 288 Å². The Morgan fingerprint density at radius 3 is 2.49 bits per heavy atom. The number of nitrogens with zero attached hydrogens (tertiary/aromatic N) is 1. The molecular formula is C37H41NO10S. The summed E-state index contributed by atoms with van der Waals surface area (Å²) in [5.41, 5.74) is -2.96. The molecule has 49 heavy (non-hydrogen) atoms. The first kappa shape index (κ1) is 34.7. The first-order chi connectivity index (χ1) is 23.2. The Kier molecular flexibility index (Phi) is 9.16. The van der Waals surface area contributed by atoms with E-state index >= 15 is 0 Å². The van der Waals surface area contributed by atoms with Crippen molar-refractivity contribution in [1.82, 2.24) is 4.98 Å². The highest BCUT2D eigenvalue weighted by Gasteiger charge is 2.71. The number of rotatable bonds is 7. The van der Waals surface area contributed by atoms with Crippen LogP contribution in [0.2, 0.25) is 0 Å². The summed E-state index contributed by atoms with van der Waals surface area (Å²) in [4.78, 5) is 57.0. The van der Waals surface area contributed by atoms with E-state index in [1.165, 1.54) is 25.6 Å². The summed E-state index contributed by atoms with van der Waals surface area (Å²) in [7, 11) is 0. The van der Waals surface area contributed by atoms with E-state index < -0.39 is 70.1 Å². The summed E-state index contributed by atoms with van der Waals surface area (Å²) in [6.07, 6.45) is 3.19. The molecule has 2 saturated carbocycles. The molecule has 2 fully saturated rings. The van der Waals surface area contributed by atoms with Crippen molar-refractivity contribution in [2.45, 2.75) is 82.7 Å². The average Bonchev–Trinajstić information content (AvgIpc) is 3.06. The number of aromatic nitrogens is 1. The van der Waals surface area contributed by atoms with Gasteiger partial charge in [0.1, 0.15) is 41.5 Å². The maximum Gasteiger partial charge on any atom is 0.345 e. The SMILES string of the molecule is CSc1cccc(C(=O)O[C@H]2CC3C(C)(COC(C)=O)[C@@H](OC(C)=O)CC[C@]3(C)C3[C@@H](O)c4c(cc(-c5cccnc5)oc4=O)O[C@@]32C)c1. The second-order valence-corrected chi connectivity index (χ2v) is 14.8. The number of aliphatic hydroxyl groups is 1. The first-order valence-electron chi connectivity index (χ1n) is 16.3. The highest BCUT2D eigenvalue weighted by atomic mass is 32.2. The van der Waals surface area contributed by atoms with Crippen LogP contribution >= 0.6 is 11.8 Å². The van der Waals surface area contributed by atoms with Crippen LogP contribution in [0.5, 0.6) is 5.75 Å². The zero-order valence-electron chi connectivity index (χ0n) is 28.4. The van der Waals surface area contributed by atoms with Crippen LogP contribution in [0.4, 0.5) is 0 Å². The number of hydrogen-bond donors (Lipinski definition) is 1. The van der Waals surface area contributed by atoms with Crippen molar-refractivity contribution in [1.29, 1.82) is 0 Å². The molecule has 3 aliphatic rings. The molecular weight excluding hydrogens is 650 g/mol. The Bertz CT molecular complexity index is 1830. The van der Waals surface area contributed by atoms with E-state index in [-0.39, 0.29) is 30.1 Å². The molecule has 1 N–H and O–H groups in total. The fourth-order valence-corrected chi connectivity index (χ4v) is 9.24. The van der Waals surface area contributed by atoms with Crippen molar-refractivity contribution >= 4 is 29.7 Å². The molecule has 1 aromatic carbocycles. The highest BCUT2D eigenvalue weighted by molar-refractivity contribution is 7.98. The Balaban J connectivity index is 1.50. The molecule has 1 aliphatic heterocycles. The topological polar surface area (TPSA) is 151 Å². The lowest BCUT2D eigenvalue weighted by molar-refractivity contribution is -0.266. The molecule has 8 atom stereocenters. The van der Waals surface area contributed by atoms with Crippen LogP contribution in [0.25, 0.3) is 11.3 Å². The van der Waals surface area contributed by atoms with E-state index in [4.69, 9.17) is 23.4 Å². The van der Waals surface area contributed by atoms with Crippen LogP contribution in [0, 0.1) is 22.7 Å². The molecule has 2 aromatic heterocycles. The minimum Gasteiger partial charge on any atom is -0.482 e. The van der Waals surface area contributed by atoms with Crippen LogP contribution in [0.1, 0.15) is 75.9 Å². The number of carbonyl (C=O) groups is 3. The predicted octanol–water partition coefficient (Wildman–Crippen LogP) is 5.77. The normalized spacial score (nSPS) is 31.6. The molecule has 0 radical (unpaired) electrons. The predicted molar refractivity (Wildman–Crippen MR) is 179 cm³/mol. The third kappa shape index (κ3) is 6.03. The number of thioether (sulfide) groups is 1. The molecule has 3 heterocycles. The van der Waals surface area contributed by atoms with Crippen molar-refractivity contribution in [2.24, 2.45) is 22.7 Å². The lowest BCUT2D eigenvalue weighted by Crippen LogP contribution is -2.71. The van der Waals surface area contributed by atoms with Crippen LogP contribution in [0.3, 0.4) is 0 Å². The van der Waals surface area contributed by atoms with E-state index in [0.29, 0.717) is 24.0 Å². The van der Waals surface area contributed by atoms with E-state index in [2.05, 4.69) is 4.98 Å². The average molecular weight is 692 g/mol. The number of aliphatic hydroxyl groups excluding tert-OH is 1. The molecule has 260 valence electrons. The van der Waals surface area contributed by atoms with Gasteiger partial charge in [0.2, 0.25) is 0 Å². The van der Waals surface area contributed by atoms with Crippen molar-refractivity contribution in [3.05, 3.63) is 76.4 Å². The monoisotopic (exact) mass is 691 g/mol. The van der Waals surface area contributed by atoms with Gasteiger partial charge in [0, 0.05) is 54.1 Å². The lowest BCUT2D eigenvalue weighted by Gasteiger charge is -2.66. The number of carbonyl (C=O) groups excluding carboxylic acids is 3. The third-order valence-corrected chi connectivity index (χ3v) is 11.7. The van der Waals surface area contributed by atoms with Crippen LogP contribution in [-0.2, 0) is 23.8 Å². The summed E-state index contributed by atoms with van der Waals surface area (Å²) in [5.74, 6) is -2.45. The molecule has 2 aliphatic carbocycles. The maximum atomic E-state index is 13.9. The van der Waals surface area contributed by atoms with Gasteiger partial charge in [-0.15, -0.1) is 11.8 Å². The molecule has 3 aromatic rings. The lowest BCUT2D eigenvalue weighted by atomic mass is 9.42. The fourth-order valence-electron chi connectivity index (χ4n) is 8.78.